The predicted molar refractivity (Wildman–Crippen MR) is 53.5 cm³/mol. The molecule has 0 unspecified atom stereocenters. The molecule has 0 spiro atoms. The van der Waals surface area contributed by atoms with Gasteiger partial charge in [0.15, 0.2) is 0 Å². The summed E-state index contributed by atoms with van der Waals surface area (Å²) in [5, 5.41) is 3.26. The molecule has 1 heterocycles. The number of thiazole rings is 1. The summed E-state index contributed by atoms with van der Waals surface area (Å²) in [6, 6.07) is 0. The molecule has 0 aromatic carbocycles. The van der Waals surface area contributed by atoms with Gasteiger partial charge < -0.3 is 5.73 Å². The number of hydrogen-bond acceptors (Lipinski definition) is 3. The highest BCUT2D eigenvalue weighted by atomic mass is 32.1. The van der Waals surface area contributed by atoms with Crippen LogP contribution in [0.3, 0.4) is 0 Å². The van der Waals surface area contributed by atoms with Crippen LogP contribution < -0.4 is 5.73 Å². The fourth-order valence-electron chi connectivity index (χ4n) is 1.16. The minimum absolute atomic E-state index is 0.138. The maximum absolute atomic E-state index is 5.53. The van der Waals surface area contributed by atoms with Gasteiger partial charge in [0.1, 0.15) is 0 Å². The Labute approximate surface area is 77.8 Å². The van der Waals surface area contributed by atoms with Crippen molar-refractivity contribution in [3.8, 4) is 0 Å². The molecular formula is C9H16N2S. The van der Waals surface area contributed by atoms with Gasteiger partial charge in [-0.05, 0) is 19.9 Å². The quantitative estimate of drug-likeness (QED) is 0.781. The highest BCUT2D eigenvalue weighted by Gasteiger charge is 2.21. The molecule has 0 aliphatic carbocycles. The summed E-state index contributed by atoms with van der Waals surface area (Å²) in [5.74, 6) is 0. The van der Waals surface area contributed by atoms with E-state index in [0.717, 1.165) is 18.0 Å². The molecule has 0 fully saturated rings. The lowest BCUT2D eigenvalue weighted by molar-refractivity contribution is 0.475. The van der Waals surface area contributed by atoms with Gasteiger partial charge in [-0.25, -0.2) is 4.98 Å². The number of rotatable bonds is 3. The highest BCUT2D eigenvalue weighted by Crippen LogP contribution is 2.27. The lowest BCUT2D eigenvalue weighted by Gasteiger charge is -2.20. The van der Waals surface area contributed by atoms with Gasteiger partial charge in [-0.2, -0.15) is 0 Å². The number of nitrogens with zero attached hydrogens (tertiary/aromatic N) is 1. The van der Waals surface area contributed by atoms with Crippen molar-refractivity contribution < 1.29 is 0 Å². The topological polar surface area (TPSA) is 38.9 Å². The van der Waals surface area contributed by atoms with Crippen molar-refractivity contribution in [2.45, 2.75) is 32.6 Å². The third kappa shape index (κ3) is 2.05. The Kier molecular flexibility index (Phi) is 2.85. The Bertz CT molecular complexity index is 253. The molecule has 0 saturated heterocycles. The molecule has 3 heteroatoms. The van der Waals surface area contributed by atoms with Gasteiger partial charge in [-0.1, -0.05) is 13.8 Å². The molecule has 1 aromatic rings. The van der Waals surface area contributed by atoms with Crippen LogP contribution in [0.2, 0.25) is 0 Å². The van der Waals surface area contributed by atoms with Gasteiger partial charge in [0.05, 0.1) is 10.7 Å². The Hall–Kier alpha value is -0.410. The van der Waals surface area contributed by atoms with Crippen LogP contribution in [0.5, 0.6) is 0 Å². The first-order chi connectivity index (χ1) is 5.56. The van der Waals surface area contributed by atoms with Crippen molar-refractivity contribution in [1.82, 2.24) is 4.98 Å². The Morgan fingerprint density at radius 2 is 2.25 bits per heavy atom. The van der Waals surface area contributed by atoms with E-state index in [-0.39, 0.29) is 5.41 Å². The maximum atomic E-state index is 5.53. The summed E-state index contributed by atoms with van der Waals surface area (Å²) in [6.45, 7) is 7.14. The lowest BCUT2D eigenvalue weighted by atomic mass is 9.86. The van der Waals surface area contributed by atoms with Gasteiger partial charge in [0, 0.05) is 10.8 Å². The predicted octanol–water partition coefficient (Wildman–Crippen LogP) is 2.08. The maximum Gasteiger partial charge on any atom is 0.0897 e. The molecule has 0 amide bonds. The summed E-state index contributed by atoms with van der Waals surface area (Å²) in [4.78, 5) is 4.46. The van der Waals surface area contributed by atoms with Crippen LogP contribution in [-0.4, -0.2) is 11.5 Å². The van der Waals surface area contributed by atoms with Crippen molar-refractivity contribution in [2.24, 2.45) is 5.73 Å². The normalized spacial score (nSPS) is 12.0. The molecule has 0 aliphatic heterocycles. The first-order valence-electron chi connectivity index (χ1n) is 4.19. The molecule has 0 atom stereocenters. The second-order valence-electron chi connectivity index (χ2n) is 3.67. The molecule has 0 saturated carbocycles. The van der Waals surface area contributed by atoms with E-state index >= 15 is 0 Å². The molecular weight excluding hydrogens is 168 g/mol. The zero-order valence-electron chi connectivity index (χ0n) is 7.92. The number of aromatic nitrogens is 1. The fraction of sp³-hybridized carbons (Fsp3) is 0.667. The standard InChI is InChI=1S/C9H16N2S/c1-7-11-8(6-12-7)9(2,3)4-5-10/h6H,4-5,10H2,1-3H3. The van der Waals surface area contributed by atoms with Crippen LogP contribution in [0.15, 0.2) is 5.38 Å². The highest BCUT2D eigenvalue weighted by molar-refractivity contribution is 7.09. The first kappa shape index (κ1) is 9.68. The van der Waals surface area contributed by atoms with E-state index in [9.17, 15) is 0 Å². The Morgan fingerprint density at radius 3 is 2.67 bits per heavy atom. The van der Waals surface area contributed by atoms with E-state index in [1.54, 1.807) is 11.3 Å². The molecule has 1 rings (SSSR count). The summed E-state index contributed by atoms with van der Waals surface area (Å²) in [7, 11) is 0. The minimum atomic E-state index is 0.138. The van der Waals surface area contributed by atoms with Gasteiger partial charge in [-0.3, -0.25) is 0 Å². The van der Waals surface area contributed by atoms with Gasteiger partial charge in [0.25, 0.3) is 0 Å². The van der Waals surface area contributed by atoms with Gasteiger partial charge in [-0.15, -0.1) is 11.3 Å². The molecule has 0 aliphatic rings. The molecule has 0 radical (unpaired) electrons. The fourth-order valence-corrected chi connectivity index (χ4v) is 1.97. The van der Waals surface area contributed by atoms with Crippen LogP contribution in [0.25, 0.3) is 0 Å². The number of aryl methyl sites for hydroxylation is 1. The average Bonchev–Trinajstić information content (AvgIpc) is 2.36. The zero-order valence-corrected chi connectivity index (χ0v) is 8.74. The summed E-state index contributed by atoms with van der Waals surface area (Å²) in [5.41, 5.74) is 6.85. The molecule has 12 heavy (non-hydrogen) atoms. The SMILES string of the molecule is Cc1nc(C(C)(C)CCN)cs1. The molecule has 2 nitrogen and oxygen atoms in total. The van der Waals surface area contributed by atoms with Crippen LogP contribution >= 0.6 is 11.3 Å². The monoisotopic (exact) mass is 184 g/mol. The Morgan fingerprint density at radius 1 is 1.58 bits per heavy atom. The second-order valence-corrected chi connectivity index (χ2v) is 4.74. The van der Waals surface area contributed by atoms with E-state index in [1.807, 2.05) is 6.92 Å². The van der Waals surface area contributed by atoms with E-state index in [2.05, 4.69) is 24.2 Å². The summed E-state index contributed by atoms with van der Waals surface area (Å²) in [6.07, 6.45) is 0.996. The third-order valence-electron chi connectivity index (χ3n) is 2.08. The number of hydrogen-bond donors (Lipinski definition) is 1. The van der Waals surface area contributed by atoms with Crippen LogP contribution in [0, 0.1) is 6.92 Å². The van der Waals surface area contributed by atoms with Crippen LogP contribution in [0.1, 0.15) is 31.0 Å². The van der Waals surface area contributed by atoms with Crippen LogP contribution in [0.4, 0.5) is 0 Å². The largest absolute Gasteiger partial charge is 0.330 e. The van der Waals surface area contributed by atoms with Gasteiger partial charge >= 0.3 is 0 Å². The van der Waals surface area contributed by atoms with E-state index in [1.165, 1.54) is 5.69 Å². The Balaban J connectivity index is 2.81. The third-order valence-corrected chi connectivity index (χ3v) is 2.86. The van der Waals surface area contributed by atoms with E-state index in [0.29, 0.717) is 0 Å². The van der Waals surface area contributed by atoms with Crippen molar-refractivity contribution in [3.05, 3.63) is 16.1 Å². The average molecular weight is 184 g/mol. The van der Waals surface area contributed by atoms with E-state index < -0.39 is 0 Å². The molecule has 2 N–H and O–H groups in total. The molecule has 68 valence electrons. The van der Waals surface area contributed by atoms with E-state index in [4.69, 9.17) is 5.73 Å². The van der Waals surface area contributed by atoms with Crippen molar-refractivity contribution >= 4 is 11.3 Å². The van der Waals surface area contributed by atoms with Crippen molar-refractivity contribution in [3.63, 3.8) is 0 Å². The summed E-state index contributed by atoms with van der Waals surface area (Å²) >= 11 is 1.71. The molecule has 1 aromatic heterocycles. The smallest absolute Gasteiger partial charge is 0.0897 e. The van der Waals surface area contributed by atoms with Crippen molar-refractivity contribution in [1.29, 1.82) is 0 Å². The minimum Gasteiger partial charge on any atom is -0.330 e. The first-order valence-corrected chi connectivity index (χ1v) is 5.07. The number of nitrogens with two attached hydrogens (primary N) is 1. The zero-order chi connectivity index (χ0) is 9.19. The van der Waals surface area contributed by atoms with Gasteiger partial charge in [0.2, 0.25) is 0 Å². The summed E-state index contributed by atoms with van der Waals surface area (Å²) < 4.78 is 0. The van der Waals surface area contributed by atoms with Crippen LogP contribution in [-0.2, 0) is 5.41 Å². The molecule has 0 bridgehead atoms. The lowest BCUT2D eigenvalue weighted by Crippen LogP contribution is -2.22. The second kappa shape index (κ2) is 3.54. The van der Waals surface area contributed by atoms with Crippen molar-refractivity contribution in [2.75, 3.05) is 6.54 Å².